The number of methoxy groups -OCH3 is 1. The van der Waals surface area contributed by atoms with E-state index in [1.807, 2.05) is 12.1 Å². The number of benzene rings is 1. The highest BCUT2D eigenvalue weighted by Gasteiger charge is 2.15. The summed E-state index contributed by atoms with van der Waals surface area (Å²) in [4.78, 5) is 4.71. The van der Waals surface area contributed by atoms with Crippen LogP contribution in [0.15, 0.2) is 24.3 Å². The van der Waals surface area contributed by atoms with Crippen molar-refractivity contribution in [1.29, 1.82) is 0 Å². The molecule has 2 rings (SSSR count). The molecule has 6 heteroatoms. The molecule has 1 aliphatic heterocycles. The average molecular weight is 366 g/mol. The lowest BCUT2D eigenvalue weighted by Gasteiger charge is -2.31. The van der Waals surface area contributed by atoms with Crippen molar-refractivity contribution >= 4 is 17.3 Å². The Bertz CT molecular complexity index is 504. The van der Waals surface area contributed by atoms with Crippen molar-refractivity contribution in [1.82, 2.24) is 15.1 Å². The quantitative estimate of drug-likeness (QED) is 0.535. The van der Waals surface area contributed by atoms with E-state index in [1.165, 1.54) is 12.0 Å². The maximum atomic E-state index is 5.65. The van der Waals surface area contributed by atoms with Gasteiger partial charge in [-0.3, -0.25) is 4.90 Å². The summed E-state index contributed by atoms with van der Waals surface area (Å²) in [6, 6.07) is 8.22. The second-order valence-corrected chi connectivity index (χ2v) is 6.70. The Balaban J connectivity index is 1.92. The lowest BCUT2D eigenvalue weighted by Crippen LogP contribution is -2.45. The highest BCUT2D eigenvalue weighted by Crippen LogP contribution is 2.13. The zero-order valence-electron chi connectivity index (χ0n) is 15.5. The molecule has 1 saturated heterocycles. The fraction of sp³-hybridized carbons (Fsp3) is 0.632. The molecule has 0 spiro atoms. The van der Waals surface area contributed by atoms with Crippen molar-refractivity contribution in [2.75, 3.05) is 53.0 Å². The predicted octanol–water partition coefficient (Wildman–Crippen LogP) is 2.50. The average Bonchev–Trinajstić information content (AvgIpc) is 2.66. The van der Waals surface area contributed by atoms with Crippen molar-refractivity contribution in [2.24, 2.45) is 0 Å². The Morgan fingerprint density at radius 1 is 1.28 bits per heavy atom. The molecule has 1 aromatic rings. The molecule has 1 heterocycles. The van der Waals surface area contributed by atoms with Gasteiger partial charge in [0.2, 0.25) is 0 Å². The standard InChI is InChI=1S/C19H31N3O2S/c1-3-4-9-20-19(25)22(11-10-21-12-14-24-15-13-21)16-17-5-7-18(23-2)8-6-17/h5-8H,3-4,9-16H2,1-2H3,(H,20,25). The van der Waals surface area contributed by atoms with Crippen LogP contribution >= 0.6 is 12.2 Å². The second kappa shape index (κ2) is 11.3. The predicted molar refractivity (Wildman–Crippen MR) is 106 cm³/mol. The van der Waals surface area contributed by atoms with Gasteiger partial charge in [0.15, 0.2) is 5.11 Å². The van der Waals surface area contributed by atoms with Crippen molar-refractivity contribution < 1.29 is 9.47 Å². The van der Waals surface area contributed by atoms with Crippen LogP contribution in [-0.2, 0) is 11.3 Å². The lowest BCUT2D eigenvalue weighted by molar-refractivity contribution is 0.0357. The van der Waals surface area contributed by atoms with Crippen LogP contribution in [0.2, 0.25) is 0 Å². The largest absolute Gasteiger partial charge is 0.497 e. The maximum absolute atomic E-state index is 5.65. The fourth-order valence-corrected chi connectivity index (χ4v) is 3.03. The molecule has 1 aromatic carbocycles. The van der Waals surface area contributed by atoms with Crippen LogP contribution < -0.4 is 10.1 Å². The summed E-state index contributed by atoms with van der Waals surface area (Å²) in [7, 11) is 1.69. The summed E-state index contributed by atoms with van der Waals surface area (Å²) in [6.07, 6.45) is 2.31. The molecule has 0 bridgehead atoms. The summed E-state index contributed by atoms with van der Waals surface area (Å²) in [6.45, 7) is 9.55. The first-order valence-corrected chi connectivity index (χ1v) is 9.59. The zero-order chi connectivity index (χ0) is 17.9. The molecule has 5 nitrogen and oxygen atoms in total. The van der Waals surface area contributed by atoms with E-state index in [2.05, 4.69) is 34.2 Å². The second-order valence-electron chi connectivity index (χ2n) is 6.31. The van der Waals surface area contributed by atoms with E-state index in [1.54, 1.807) is 7.11 Å². The minimum Gasteiger partial charge on any atom is -0.497 e. The number of nitrogens with zero attached hydrogens (tertiary/aromatic N) is 2. The summed E-state index contributed by atoms with van der Waals surface area (Å²) in [5.74, 6) is 0.882. The smallest absolute Gasteiger partial charge is 0.169 e. The van der Waals surface area contributed by atoms with Gasteiger partial charge in [-0.25, -0.2) is 0 Å². The van der Waals surface area contributed by atoms with E-state index >= 15 is 0 Å². The molecule has 1 N–H and O–H groups in total. The van der Waals surface area contributed by atoms with E-state index in [0.717, 1.165) is 69.8 Å². The highest BCUT2D eigenvalue weighted by atomic mass is 32.1. The van der Waals surface area contributed by atoms with Gasteiger partial charge in [0.05, 0.1) is 20.3 Å². The molecule has 140 valence electrons. The summed E-state index contributed by atoms with van der Waals surface area (Å²) < 4.78 is 10.7. The first-order valence-electron chi connectivity index (χ1n) is 9.18. The monoisotopic (exact) mass is 365 g/mol. The summed E-state index contributed by atoms with van der Waals surface area (Å²) in [5.41, 5.74) is 1.24. The van der Waals surface area contributed by atoms with E-state index in [9.17, 15) is 0 Å². The molecule has 0 saturated carbocycles. The molecule has 1 fully saturated rings. The van der Waals surface area contributed by atoms with Gasteiger partial charge < -0.3 is 19.7 Å². The van der Waals surface area contributed by atoms with Crippen molar-refractivity contribution in [3.63, 3.8) is 0 Å². The third kappa shape index (κ3) is 7.18. The van der Waals surface area contributed by atoms with Crippen LogP contribution in [0.3, 0.4) is 0 Å². The van der Waals surface area contributed by atoms with E-state index in [0.29, 0.717) is 0 Å². The minimum atomic E-state index is 0.812. The number of nitrogens with one attached hydrogen (secondary N) is 1. The molecule has 0 amide bonds. The Hall–Kier alpha value is -1.37. The molecule has 0 atom stereocenters. The van der Waals surface area contributed by atoms with E-state index in [4.69, 9.17) is 21.7 Å². The maximum Gasteiger partial charge on any atom is 0.169 e. The number of rotatable bonds is 9. The van der Waals surface area contributed by atoms with Crippen molar-refractivity contribution in [2.45, 2.75) is 26.3 Å². The number of morpholine rings is 1. The van der Waals surface area contributed by atoms with E-state index in [-0.39, 0.29) is 0 Å². The van der Waals surface area contributed by atoms with Crippen LogP contribution in [0.4, 0.5) is 0 Å². The van der Waals surface area contributed by atoms with Crippen molar-refractivity contribution in [3.05, 3.63) is 29.8 Å². The summed E-state index contributed by atoms with van der Waals surface area (Å²) in [5, 5.41) is 4.25. The van der Waals surface area contributed by atoms with Gasteiger partial charge in [-0.15, -0.1) is 0 Å². The molecule has 0 aliphatic carbocycles. The number of hydrogen-bond donors (Lipinski definition) is 1. The van der Waals surface area contributed by atoms with Gasteiger partial charge >= 0.3 is 0 Å². The number of thiocarbonyl (C=S) groups is 1. The Morgan fingerprint density at radius 2 is 2.00 bits per heavy atom. The first kappa shape index (κ1) is 19.9. The molecule has 0 radical (unpaired) electrons. The van der Waals surface area contributed by atoms with Crippen LogP contribution in [-0.4, -0.2) is 68.0 Å². The lowest BCUT2D eigenvalue weighted by atomic mass is 10.2. The number of unbranched alkanes of at least 4 members (excludes halogenated alkanes) is 1. The molecule has 0 aromatic heterocycles. The van der Waals surface area contributed by atoms with E-state index < -0.39 is 0 Å². The van der Waals surface area contributed by atoms with Crippen LogP contribution in [0.25, 0.3) is 0 Å². The molecule has 0 unspecified atom stereocenters. The first-order chi connectivity index (χ1) is 12.2. The third-order valence-corrected chi connectivity index (χ3v) is 4.82. The third-order valence-electron chi connectivity index (χ3n) is 4.42. The Kier molecular flexibility index (Phi) is 9.00. The van der Waals surface area contributed by atoms with Gasteiger partial charge in [0, 0.05) is 39.3 Å². The Morgan fingerprint density at radius 3 is 2.64 bits per heavy atom. The number of hydrogen-bond acceptors (Lipinski definition) is 4. The minimum absolute atomic E-state index is 0.812. The summed E-state index contributed by atoms with van der Waals surface area (Å²) >= 11 is 5.65. The van der Waals surface area contributed by atoms with Gasteiger partial charge in [-0.1, -0.05) is 25.5 Å². The highest BCUT2D eigenvalue weighted by molar-refractivity contribution is 7.80. The van der Waals surface area contributed by atoms with Crippen LogP contribution in [0.1, 0.15) is 25.3 Å². The normalized spacial score (nSPS) is 15.0. The van der Waals surface area contributed by atoms with Gasteiger partial charge in [-0.05, 0) is 36.3 Å². The number of ether oxygens (including phenoxy) is 2. The topological polar surface area (TPSA) is 37.0 Å². The SMILES string of the molecule is CCCCNC(=S)N(CCN1CCOCC1)Cc1ccc(OC)cc1. The fourth-order valence-electron chi connectivity index (χ4n) is 2.77. The zero-order valence-corrected chi connectivity index (χ0v) is 16.3. The molecule has 25 heavy (non-hydrogen) atoms. The van der Waals surface area contributed by atoms with Gasteiger partial charge in [0.25, 0.3) is 0 Å². The van der Waals surface area contributed by atoms with Gasteiger partial charge in [-0.2, -0.15) is 0 Å². The molecule has 1 aliphatic rings. The van der Waals surface area contributed by atoms with Crippen LogP contribution in [0, 0.1) is 0 Å². The molecular formula is C19H31N3O2S. The van der Waals surface area contributed by atoms with Crippen molar-refractivity contribution in [3.8, 4) is 5.75 Å². The van der Waals surface area contributed by atoms with Crippen LogP contribution in [0.5, 0.6) is 5.75 Å². The molecular weight excluding hydrogens is 334 g/mol. The van der Waals surface area contributed by atoms with Gasteiger partial charge in [0.1, 0.15) is 5.75 Å². The Labute approximate surface area is 157 Å².